The number of likely N-dealkylation sites (tertiary alicyclic amines) is 1. The first kappa shape index (κ1) is 23.4. The number of nitrogens with one attached hydrogen (secondary N) is 1. The molecule has 1 saturated heterocycles. The first-order valence-electron chi connectivity index (χ1n) is 12.5. The maximum Gasteiger partial charge on any atom is 0.407 e. The summed E-state index contributed by atoms with van der Waals surface area (Å²) >= 11 is 0. The van der Waals surface area contributed by atoms with E-state index in [2.05, 4.69) is 29.6 Å². The number of ether oxygens (including phenoxy) is 1. The number of rotatable bonds is 7. The fourth-order valence-corrected chi connectivity index (χ4v) is 5.93. The summed E-state index contributed by atoms with van der Waals surface area (Å²) in [5.41, 5.74) is 4.44. The van der Waals surface area contributed by atoms with Crippen molar-refractivity contribution in [2.75, 3.05) is 26.2 Å². The molecule has 7 nitrogen and oxygen atoms in total. The van der Waals surface area contributed by atoms with Crippen LogP contribution in [0.5, 0.6) is 0 Å². The smallest absolute Gasteiger partial charge is 0.407 e. The SMILES string of the molecule is C[C@@H]1CN(C(=O)CC2(CNC(=O)OCC3c4ccccc4-c4ccccc43)CCC2)C[C@H]1C(=O)O. The Kier molecular flexibility index (Phi) is 6.26. The number of carbonyl (C=O) groups excluding carboxylic acids is 2. The lowest BCUT2D eigenvalue weighted by molar-refractivity contribution is -0.142. The molecule has 2 N–H and O–H groups in total. The van der Waals surface area contributed by atoms with Crippen molar-refractivity contribution in [1.82, 2.24) is 10.2 Å². The third-order valence-corrected chi connectivity index (χ3v) is 8.17. The molecule has 2 atom stereocenters. The number of carboxylic acid groups (broad SMARTS) is 1. The van der Waals surface area contributed by atoms with Gasteiger partial charge in [0.25, 0.3) is 0 Å². The molecule has 0 spiro atoms. The minimum absolute atomic E-state index is 0.00623. The van der Waals surface area contributed by atoms with Crippen LogP contribution < -0.4 is 5.32 Å². The maximum absolute atomic E-state index is 12.9. The minimum Gasteiger partial charge on any atom is -0.481 e. The average molecular weight is 477 g/mol. The molecule has 2 aliphatic carbocycles. The van der Waals surface area contributed by atoms with Crippen molar-refractivity contribution in [3.05, 3.63) is 59.7 Å². The Labute approximate surface area is 205 Å². The van der Waals surface area contributed by atoms with Crippen LogP contribution in [0.25, 0.3) is 11.1 Å². The Morgan fingerprint density at radius 3 is 2.20 bits per heavy atom. The fraction of sp³-hybridized carbons (Fsp3) is 0.464. The van der Waals surface area contributed by atoms with Gasteiger partial charge in [-0.15, -0.1) is 0 Å². The van der Waals surface area contributed by atoms with E-state index in [1.807, 2.05) is 31.2 Å². The van der Waals surface area contributed by atoms with E-state index in [0.717, 1.165) is 19.3 Å². The number of amides is 2. The molecule has 1 heterocycles. The van der Waals surface area contributed by atoms with Crippen LogP contribution in [0.15, 0.2) is 48.5 Å². The van der Waals surface area contributed by atoms with Crippen molar-refractivity contribution in [1.29, 1.82) is 0 Å². The van der Waals surface area contributed by atoms with E-state index in [0.29, 0.717) is 19.5 Å². The summed E-state index contributed by atoms with van der Waals surface area (Å²) in [6.07, 6.45) is 2.62. The number of benzene rings is 2. The molecule has 184 valence electrons. The van der Waals surface area contributed by atoms with Crippen LogP contribution in [0.2, 0.25) is 0 Å². The van der Waals surface area contributed by atoms with Gasteiger partial charge >= 0.3 is 12.1 Å². The van der Waals surface area contributed by atoms with Gasteiger partial charge in [-0.3, -0.25) is 9.59 Å². The molecule has 2 amide bonds. The van der Waals surface area contributed by atoms with Crippen molar-refractivity contribution in [3.8, 4) is 11.1 Å². The van der Waals surface area contributed by atoms with E-state index in [9.17, 15) is 19.5 Å². The Morgan fingerprint density at radius 1 is 1.03 bits per heavy atom. The number of hydrogen-bond donors (Lipinski definition) is 2. The molecule has 0 bridgehead atoms. The van der Waals surface area contributed by atoms with Gasteiger partial charge in [0.2, 0.25) is 5.91 Å². The number of fused-ring (bicyclic) bond motifs is 3. The normalized spacial score (nSPS) is 22.1. The number of aliphatic carboxylic acids is 1. The topological polar surface area (TPSA) is 95.9 Å². The molecular weight excluding hydrogens is 444 g/mol. The molecule has 2 fully saturated rings. The lowest BCUT2D eigenvalue weighted by Crippen LogP contribution is -2.46. The highest BCUT2D eigenvalue weighted by atomic mass is 16.5. The van der Waals surface area contributed by atoms with Gasteiger partial charge in [0.05, 0.1) is 5.92 Å². The molecule has 0 unspecified atom stereocenters. The highest BCUT2D eigenvalue weighted by Gasteiger charge is 2.43. The number of hydrogen-bond acceptors (Lipinski definition) is 4. The van der Waals surface area contributed by atoms with E-state index in [1.165, 1.54) is 22.3 Å². The van der Waals surface area contributed by atoms with Crippen LogP contribution in [-0.4, -0.2) is 54.2 Å². The second-order valence-electron chi connectivity index (χ2n) is 10.4. The Hall–Kier alpha value is -3.35. The Bertz CT molecular complexity index is 1100. The van der Waals surface area contributed by atoms with Gasteiger partial charge < -0.3 is 20.1 Å². The third kappa shape index (κ3) is 4.51. The first-order valence-corrected chi connectivity index (χ1v) is 12.5. The maximum atomic E-state index is 12.9. The highest BCUT2D eigenvalue weighted by molar-refractivity contribution is 5.80. The highest BCUT2D eigenvalue weighted by Crippen LogP contribution is 2.45. The van der Waals surface area contributed by atoms with E-state index in [4.69, 9.17) is 4.74 Å². The van der Waals surface area contributed by atoms with Crippen LogP contribution in [-0.2, 0) is 14.3 Å². The molecule has 35 heavy (non-hydrogen) atoms. The summed E-state index contributed by atoms with van der Waals surface area (Å²) in [4.78, 5) is 38.6. The summed E-state index contributed by atoms with van der Waals surface area (Å²) in [5, 5.41) is 12.3. The summed E-state index contributed by atoms with van der Waals surface area (Å²) in [5.74, 6) is -1.41. The van der Waals surface area contributed by atoms with Crippen molar-refractivity contribution in [2.24, 2.45) is 17.3 Å². The standard InChI is InChI=1S/C28H32N2O5/c1-18-14-30(15-23(18)26(32)33)25(31)13-28(11-6-12-28)17-29-27(34)35-16-24-21-9-4-2-7-19(21)20-8-3-5-10-22(20)24/h2-5,7-10,18,23-24H,6,11-17H2,1H3,(H,29,34)(H,32,33)/t18-,23-/m1/s1. The summed E-state index contributed by atoms with van der Waals surface area (Å²) in [6.45, 7) is 3.27. The second-order valence-corrected chi connectivity index (χ2v) is 10.4. The largest absolute Gasteiger partial charge is 0.481 e. The molecular formula is C28H32N2O5. The number of carbonyl (C=O) groups is 3. The van der Waals surface area contributed by atoms with Gasteiger partial charge in [0.1, 0.15) is 6.61 Å². The molecule has 0 radical (unpaired) electrons. The van der Waals surface area contributed by atoms with E-state index in [1.54, 1.807) is 4.90 Å². The lowest BCUT2D eigenvalue weighted by Gasteiger charge is -2.42. The number of nitrogens with zero attached hydrogens (tertiary/aromatic N) is 1. The van der Waals surface area contributed by atoms with Gasteiger partial charge in [0.15, 0.2) is 0 Å². The van der Waals surface area contributed by atoms with Crippen LogP contribution in [0.3, 0.4) is 0 Å². The Morgan fingerprint density at radius 2 is 1.66 bits per heavy atom. The number of alkyl carbamates (subject to hydrolysis) is 1. The average Bonchev–Trinajstić information content (AvgIpc) is 3.37. The molecule has 2 aromatic rings. The van der Waals surface area contributed by atoms with Gasteiger partial charge in [-0.2, -0.15) is 0 Å². The predicted octanol–water partition coefficient (Wildman–Crippen LogP) is 4.26. The molecule has 1 saturated carbocycles. The van der Waals surface area contributed by atoms with Crippen LogP contribution in [0, 0.1) is 17.3 Å². The molecule has 2 aromatic carbocycles. The first-order chi connectivity index (χ1) is 16.9. The van der Waals surface area contributed by atoms with Gasteiger partial charge in [0, 0.05) is 32.0 Å². The summed E-state index contributed by atoms with van der Waals surface area (Å²) in [7, 11) is 0. The van der Waals surface area contributed by atoms with Crippen molar-refractivity contribution >= 4 is 18.0 Å². The van der Waals surface area contributed by atoms with Crippen molar-refractivity contribution in [2.45, 2.75) is 38.5 Å². The Balaban J connectivity index is 1.15. The summed E-state index contributed by atoms with van der Waals surface area (Å²) < 4.78 is 5.65. The predicted molar refractivity (Wildman–Crippen MR) is 131 cm³/mol. The van der Waals surface area contributed by atoms with E-state index < -0.39 is 18.0 Å². The number of carboxylic acids is 1. The van der Waals surface area contributed by atoms with Crippen LogP contribution in [0.4, 0.5) is 4.79 Å². The molecule has 3 aliphatic rings. The van der Waals surface area contributed by atoms with Crippen LogP contribution in [0.1, 0.15) is 49.7 Å². The molecule has 0 aromatic heterocycles. The van der Waals surface area contributed by atoms with Crippen molar-refractivity contribution < 1.29 is 24.2 Å². The van der Waals surface area contributed by atoms with Gasteiger partial charge in [-0.1, -0.05) is 61.9 Å². The monoisotopic (exact) mass is 476 g/mol. The lowest BCUT2D eigenvalue weighted by atomic mass is 9.66. The van der Waals surface area contributed by atoms with Crippen molar-refractivity contribution in [3.63, 3.8) is 0 Å². The van der Waals surface area contributed by atoms with Crippen LogP contribution >= 0.6 is 0 Å². The van der Waals surface area contributed by atoms with Gasteiger partial charge in [-0.05, 0) is 46.4 Å². The molecule has 1 aliphatic heterocycles. The minimum atomic E-state index is -0.844. The second kappa shape index (κ2) is 9.36. The summed E-state index contributed by atoms with van der Waals surface area (Å²) in [6, 6.07) is 16.4. The zero-order valence-electron chi connectivity index (χ0n) is 20.0. The third-order valence-electron chi connectivity index (χ3n) is 8.17. The zero-order chi connectivity index (χ0) is 24.6. The zero-order valence-corrected chi connectivity index (χ0v) is 20.0. The molecule has 7 heteroatoms. The quantitative estimate of drug-likeness (QED) is 0.622. The fourth-order valence-electron chi connectivity index (χ4n) is 5.93. The van der Waals surface area contributed by atoms with Gasteiger partial charge in [-0.25, -0.2) is 4.79 Å². The van der Waals surface area contributed by atoms with E-state index in [-0.39, 0.29) is 36.3 Å². The molecule has 5 rings (SSSR count). The van der Waals surface area contributed by atoms with E-state index >= 15 is 0 Å².